The van der Waals surface area contributed by atoms with Crippen LogP contribution in [0.15, 0.2) is 53.8 Å². The molecule has 0 spiro atoms. The SMILES string of the molecule is O=C([O-])c1cccc(NC(=S)N/N=C\c2ccccn2)c1. The van der Waals surface area contributed by atoms with Gasteiger partial charge in [-0.25, -0.2) is 0 Å². The molecular formula is C14H11N4O2S-. The summed E-state index contributed by atoms with van der Waals surface area (Å²) in [6.07, 6.45) is 3.18. The summed E-state index contributed by atoms with van der Waals surface area (Å²) in [5.74, 6) is -1.24. The second-order valence-electron chi connectivity index (χ2n) is 3.95. The molecule has 0 unspecified atom stereocenters. The van der Waals surface area contributed by atoms with Crippen LogP contribution in [0.25, 0.3) is 0 Å². The highest BCUT2D eigenvalue weighted by Gasteiger charge is 1.98. The average Bonchev–Trinajstić information content (AvgIpc) is 2.48. The predicted octanol–water partition coefficient (Wildman–Crippen LogP) is 0.766. The van der Waals surface area contributed by atoms with Crippen molar-refractivity contribution in [3.63, 3.8) is 0 Å². The number of pyridine rings is 1. The normalized spacial score (nSPS) is 10.3. The average molecular weight is 299 g/mol. The molecular weight excluding hydrogens is 288 g/mol. The number of aromatic nitrogens is 1. The number of carbonyl (C=O) groups is 1. The molecule has 0 aliphatic rings. The number of carboxylic acids is 1. The molecule has 0 saturated carbocycles. The molecule has 7 heteroatoms. The number of anilines is 1. The Morgan fingerprint density at radius 1 is 1.29 bits per heavy atom. The van der Waals surface area contributed by atoms with Crippen LogP contribution in [0.5, 0.6) is 0 Å². The molecule has 0 bridgehead atoms. The molecule has 2 N–H and O–H groups in total. The van der Waals surface area contributed by atoms with Gasteiger partial charge in [0.25, 0.3) is 0 Å². The van der Waals surface area contributed by atoms with E-state index in [0.717, 1.165) is 0 Å². The maximum absolute atomic E-state index is 10.8. The maximum Gasteiger partial charge on any atom is 0.191 e. The van der Waals surface area contributed by atoms with Crippen molar-refractivity contribution in [3.05, 3.63) is 59.9 Å². The number of hydrogen-bond donors (Lipinski definition) is 2. The fourth-order valence-electron chi connectivity index (χ4n) is 1.49. The number of benzene rings is 1. The van der Waals surface area contributed by atoms with Crippen molar-refractivity contribution in [1.82, 2.24) is 10.4 Å². The first-order valence-corrected chi connectivity index (χ1v) is 6.38. The monoisotopic (exact) mass is 299 g/mol. The van der Waals surface area contributed by atoms with Crippen molar-refractivity contribution in [3.8, 4) is 0 Å². The molecule has 0 atom stereocenters. The van der Waals surface area contributed by atoms with Crippen LogP contribution < -0.4 is 15.8 Å². The van der Waals surface area contributed by atoms with Crippen molar-refractivity contribution in [1.29, 1.82) is 0 Å². The summed E-state index contributed by atoms with van der Waals surface area (Å²) in [6.45, 7) is 0. The Morgan fingerprint density at radius 3 is 2.86 bits per heavy atom. The van der Waals surface area contributed by atoms with E-state index in [2.05, 4.69) is 20.8 Å². The van der Waals surface area contributed by atoms with Crippen LogP contribution in [0.4, 0.5) is 5.69 Å². The smallest absolute Gasteiger partial charge is 0.191 e. The Morgan fingerprint density at radius 2 is 2.14 bits per heavy atom. The van der Waals surface area contributed by atoms with E-state index in [1.165, 1.54) is 18.3 Å². The van der Waals surface area contributed by atoms with Gasteiger partial charge in [-0.1, -0.05) is 18.2 Å². The van der Waals surface area contributed by atoms with Gasteiger partial charge in [-0.05, 0) is 42.0 Å². The second-order valence-corrected chi connectivity index (χ2v) is 4.36. The third kappa shape index (κ3) is 4.66. The summed E-state index contributed by atoms with van der Waals surface area (Å²) < 4.78 is 0. The third-order valence-electron chi connectivity index (χ3n) is 2.41. The van der Waals surface area contributed by atoms with E-state index in [1.54, 1.807) is 30.5 Å². The number of thiocarbonyl (C=S) groups is 1. The standard InChI is InChI=1S/C14H12N4O2S/c19-13(20)10-4-3-6-11(8-10)17-14(21)18-16-9-12-5-1-2-7-15-12/h1-9H,(H,19,20)(H2,17,18,21)/p-1/b16-9-. The third-order valence-corrected chi connectivity index (χ3v) is 2.60. The van der Waals surface area contributed by atoms with Crippen LogP contribution in [0.3, 0.4) is 0 Å². The molecule has 1 aromatic carbocycles. The summed E-state index contributed by atoms with van der Waals surface area (Å²) in [4.78, 5) is 14.8. The highest BCUT2D eigenvalue weighted by Crippen LogP contribution is 2.09. The van der Waals surface area contributed by atoms with E-state index in [1.807, 2.05) is 6.07 Å². The molecule has 2 rings (SSSR count). The van der Waals surface area contributed by atoms with Gasteiger partial charge in [-0.3, -0.25) is 10.4 Å². The summed E-state index contributed by atoms with van der Waals surface area (Å²) in [5.41, 5.74) is 3.90. The number of rotatable bonds is 4. The summed E-state index contributed by atoms with van der Waals surface area (Å²) in [7, 11) is 0. The first-order valence-electron chi connectivity index (χ1n) is 5.97. The number of hydrogen-bond acceptors (Lipinski definition) is 5. The minimum absolute atomic E-state index is 0.0692. The Hall–Kier alpha value is -2.80. The lowest BCUT2D eigenvalue weighted by Gasteiger charge is -2.09. The quantitative estimate of drug-likeness (QED) is 0.492. The van der Waals surface area contributed by atoms with E-state index in [4.69, 9.17) is 12.2 Å². The van der Waals surface area contributed by atoms with E-state index < -0.39 is 5.97 Å². The fraction of sp³-hybridized carbons (Fsp3) is 0. The van der Waals surface area contributed by atoms with Gasteiger partial charge in [0.15, 0.2) is 5.11 Å². The van der Waals surface area contributed by atoms with Crippen LogP contribution in [0.2, 0.25) is 0 Å². The van der Waals surface area contributed by atoms with Gasteiger partial charge < -0.3 is 15.2 Å². The Labute approximate surface area is 126 Å². The minimum atomic E-state index is -1.24. The molecule has 1 heterocycles. The van der Waals surface area contributed by atoms with Gasteiger partial charge in [-0.15, -0.1) is 0 Å². The van der Waals surface area contributed by atoms with Gasteiger partial charge in [-0.2, -0.15) is 5.10 Å². The zero-order valence-electron chi connectivity index (χ0n) is 10.8. The highest BCUT2D eigenvalue weighted by molar-refractivity contribution is 7.80. The van der Waals surface area contributed by atoms with E-state index in [9.17, 15) is 9.90 Å². The molecule has 106 valence electrons. The topological polar surface area (TPSA) is 89.4 Å². The number of carboxylic acid groups (broad SMARTS) is 1. The van der Waals surface area contributed by atoms with Gasteiger partial charge >= 0.3 is 0 Å². The largest absolute Gasteiger partial charge is 0.545 e. The maximum atomic E-state index is 10.8. The Bertz CT molecular complexity index is 674. The van der Waals surface area contributed by atoms with E-state index in [0.29, 0.717) is 11.4 Å². The lowest BCUT2D eigenvalue weighted by molar-refractivity contribution is -0.255. The lowest BCUT2D eigenvalue weighted by Crippen LogP contribution is -2.25. The van der Waals surface area contributed by atoms with Gasteiger partial charge in [0.2, 0.25) is 0 Å². The minimum Gasteiger partial charge on any atom is -0.545 e. The van der Waals surface area contributed by atoms with E-state index in [-0.39, 0.29) is 10.7 Å². The summed E-state index contributed by atoms with van der Waals surface area (Å²) >= 11 is 5.04. The summed E-state index contributed by atoms with van der Waals surface area (Å²) in [5, 5.41) is 17.7. The number of carbonyl (C=O) groups excluding carboxylic acids is 1. The van der Waals surface area contributed by atoms with Crippen molar-refractivity contribution in [2.75, 3.05) is 5.32 Å². The molecule has 0 amide bonds. The van der Waals surface area contributed by atoms with E-state index >= 15 is 0 Å². The van der Waals surface area contributed by atoms with Crippen LogP contribution >= 0.6 is 12.2 Å². The molecule has 6 nitrogen and oxygen atoms in total. The lowest BCUT2D eigenvalue weighted by atomic mass is 10.2. The number of aromatic carboxylic acids is 1. The molecule has 0 aliphatic heterocycles. The van der Waals surface area contributed by atoms with Crippen molar-refractivity contribution in [2.24, 2.45) is 5.10 Å². The molecule has 2 aromatic rings. The Balaban J connectivity index is 1.91. The predicted molar refractivity (Wildman–Crippen MR) is 82.0 cm³/mol. The van der Waals surface area contributed by atoms with Crippen LogP contribution in [0, 0.1) is 0 Å². The van der Waals surface area contributed by atoms with Crippen LogP contribution in [0.1, 0.15) is 16.1 Å². The van der Waals surface area contributed by atoms with Gasteiger partial charge in [0, 0.05) is 11.9 Å². The van der Waals surface area contributed by atoms with Gasteiger partial charge in [0.1, 0.15) is 0 Å². The number of hydrazone groups is 1. The van der Waals surface area contributed by atoms with Crippen molar-refractivity contribution >= 4 is 35.2 Å². The fourth-order valence-corrected chi connectivity index (χ4v) is 1.66. The zero-order valence-corrected chi connectivity index (χ0v) is 11.6. The number of nitrogens with one attached hydrogen (secondary N) is 2. The van der Waals surface area contributed by atoms with Crippen LogP contribution in [-0.4, -0.2) is 22.3 Å². The molecule has 0 saturated heterocycles. The second kappa shape index (κ2) is 7.11. The first kappa shape index (κ1) is 14.6. The molecule has 0 aliphatic carbocycles. The summed E-state index contributed by atoms with van der Waals surface area (Å²) in [6, 6.07) is 11.6. The van der Waals surface area contributed by atoms with Gasteiger partial charge in [0.05, 0.1) is 17.9 Å². The Kier molecular flexibility index (Phi) is 4.94. The van der Waals surface area contributed by atoms with Crippen molar-refractivity contribution in [2.45, 2.75) is 0 Å². The molecule has 21 heavy (non-hydrogen) atoms. The zero-order chi connectivity index (χ0) is 15.1. The molecule has 1 aromatic heterocycles. The highest BCUT2D eigenvalue weighted by atomic mass is 32.1. The molecule has 0 radical (unpaired) electrons. The molecule has 0 fully saturated rings. The van der Waals surface area contributed by atoms with Crippen molar-refractivity contribution < 1.29 is 9.90 Å². The first-order chi connectivity index (χ1) is 10.1. The van der Waals surface area contributed by atoms with Crippen LogP contribution in [-0.2, 0) is 0 Å². The number of nitrogens with zero attached hydrogens (tertiary/aromatic N) is 2.